The molecule has 28 heavy (non-hydrogen) atoms. The molecule has 0 saturated heterocycles. The number of rotatable bonds is 4. The van der Waals surface area contributed by atoms with Gasteiger partial charge in [-0.2, -0.15) is 0 Å². The van der Waals surface area contributed by atoms with Gasteiger partial charge >= 0.3 is 168 Å². The van der Waals surface area contributed by atoms with Crippen LogP contribution in [0, 0.1) is 5.92 Å². The fourth-order valence-corrected chi connectivity index (χ4v) is 5.81. The Morgan fingerprint density at radius 2 is 1.57 bits per heavy atom. The average molecular weight is 454 g/mol. The molecule has 1 aliphatic carbocycles. The molecule has 0 radical (unpaired) electrons. The van der Waals surface area contributed by atoms with E-state index in [9.17, 15) is 0 Å². The molecule has 0 aromatic heterocycles. The number of benzene rings is 2. The molecule has 1 nitrogen and oxygen atoms in total. The smallest absolute Gasteiger partial charge is 0.147 e. The van der Waals surface area contributed by atoms with Crippen molar-refractivity contribution in [3.63, 3.8) is 0 Å². The molecule has 1 N–H and O–H groups in total. The van der Waals surface area contributed by atoms with E-state index >= 15 is 0 Å². The Morgan fingerprint density at radius 3 is 2.14 bits per heavy atom. The third-order valence-corrected chi connectivity index (χ3v) is 7.98. The molecule has 0 bridgehead atoms. The Kier molecular flexibility index (Phi) is 9.06. The molecule has 0 heterocycles. The summed E-state index contributed by atoms with van der Waals surface area (Å²) >= 11 is -0.237. The monoisotopic (exact) mass is 453 g/mol. The van der Waals surface area contributed by atoms with Crippen LogP contribution in [0.1, 0.15) is 59.6 Å². The largest absolute Gasteiger partial charge is 0.147 e. The minimum Gasteiger partial charge on any atom is -0.147 e. The summed E-state index contributed by atoms with van der Waals surface area (Å²) < 4.78 is 4.97. The summed E-state index contributed by atoms with van der Waals surface area (Å²) in [5, 5.41) is 2.79. The van der Waals surface area contributed by atoms with E-state index in [1.54, 1.807) is 11.1 Å². The summed E-state index contributed by atoms with van der Waals surface area (Å²) in [6.45, 7) is 16.1. The summed E-state index contributed by atoms with van der Waals surface area (Å²) in [6.07, 6.45) is 0. The van der Waals surface area contributed by atoms with E-state index in [-0.39, 0.29) is 49.8 Å². The summed E-state index contributed by atoms with van der Waals surface area (Å²) in [7, 11) is 0. The van der Waals surface area contributed by atoms with Crippen molar-refractivity contribution in [2.24, 2.45) is 5.92 Å². The van der Waals surface area contributed by atoms with Gasteiger partial charge in [0.2, 0.25) is 0 Å². The Balaban J connectivity index is 0.00000196. The van der Waals surface area contributed by atoms with Gasteiger partial charge in [0.1, 0.15) is 0 Å². The van der Waals surface area contributed by atoms with Crippen LogP contribution < -0.4 is 3.80 Å². The first-order valence-corrected chi connectivity index (χ1v) is 11.5. The molecule has 1 atom stereocenters. The SMILES string of the molecule is CC1=C(C)C(C)C(c2ccc3ccccc3c2[CH2][Ti][NH]C(C)(C)C)=C1C.Cl.Cl. The number of nitrogens with one attached hydrogen (secondary N) is 1. The third-order valence-electron chi connectivity index (χ3n) is 5.70. The number of halogens is 2. The van der Waals surface area contributed by atoms with Gasteiger partial charge in [0.05, 0.1) is 0 Å². The van der Waals surface area contributed by atoms with Crippen LogP contribution >= 0.6 is 24.8 Å². The zero-order valence-corrected chi connectivity index (χ0v) is 21.3. The van der Waals surface area contributed by atoms with Crippen molar-refractivity contribution in [1.82, 2.24) is 3.80 Å². The molecule has 1 aliphatic rings. The van der Waals surface area contributed by atoms with E-state index in [2.05, 4.69) is 88.7 Å². The predicted octanol–water partition coefficient (Wildman–Crippen LogP) is 7.33. The number of allylic oxidation sites excluding steroid dienone is 4. The molecule has 0 fully saturated rings. The Labute approximate surface area is 192 Å². The van der Waals surface area contributed by atoms with E-state index < -0.39 is 0 Å². The molecular formula is C24H33Cl2NTi. The number of hydrogen-bond donors (Lipinski definition) is 1. The van der Waals surface area contributed by atoms with Crippen molar-refractivity contribution in [1.29, 1.82) is 0 Å². The van der Waals surface area contributed by atoms with Crippen molar-refractivity contribution in [3.8, 4) is 0 Å². The van der Waals surface area contributed by atoms with Crippen LogP contribution in [0.25, 0.3) is 16.3 Å². The van der Waals surface area contributed by atoms with Crippen molar-refractivity contribution in [2.45, 2.75) is 58.7 Å². The van der Waals surface area contributed by atoms with E-state index in [1.807, 2.05) is 0 Å². The molecule has 0 spiro atoms. The van der Waals surface area contributed by atoms with Crippen molar-refractivity contribution < 1.29 is 19.4 Å². The summed E-state index contributed by atoms with van der Waals surface area (Å²) in [5.74, 6) is 0.519. The van der Waals surface area contributed by atoms with Gasteiger partial charge < -0.3 is 0 Å². The number of hydrogen-bond acceptors (Lipinski definition) is 1. The maximum atomic E-state index is 3.79. The van der Waals surface area contributed by atoms with E-state index in [0.717, 1.165) is 0 Å². The van der Waals surface area contributed by atoms with Crippen molar-refractivity contribution in [2.75, 3.05) is 0 Å². The molecular weight excluding hydrogens is 421 g/mol. The standard InChI is InChI=1S/C20H21.C4H10N.2ClH.Ti/c1-12-13(2)15(4)20(14(12)3)19-11-10-17-8-6-7-9-18(17)16(19)5;1-4(2,3)5;;;/h6-11,14H,5H2,1-4H3;5H,1-3H3;2*1H;/q;-1;;;+1. The van der Waals surface area contributed by atoms with E-state index in [0.29, 0.717) is 5.92 Å². The second-order valence-electron chi connectivity index (χ2n) is 8.61. The maximum Gasteiger partial charge on any atom is -0.147 e. The van der Waals surface area contributed by atoms with Gasteiger partial charge in [-0.05, 0) is 0 Å². The average Bonchev–Trinajstić information content (AvgIpc) is 2.78. The van der Waals surface area contributed by atoms with Gasteiger partial charge in [0, 0.05) is 0 Å². The second kappa shape index (κ2) is 9.96. The summed E-state index contributed by atoms with van der Waals surface area (Å²) in [5.41, 5.74) is 9.26. The number of fused-ring (bicyclic) bond motifs is 1. The quantitative estimate of drug-likeness (QED) is 0.477. The van der Waals surface area contributed by atoms with E-state index in [1.165, 1.54) is 37.8 Å². The molecule has 3 rings (SSSR count). The maximum absolute atomic E-state index is 3.79. The molecule has 2 aromatic rings. The van der Waals surface area contributed by atoms with Crippen LogP contribution in [-0.2, 0) is 24.1 Å². The van der Waals surface area contributed by atoms with Gasteiger partial charge in [-0.25, -0.2) is 0 Å². The molecule has 0 amide bonds. The van der Waals surface area contributed by atoms with Crippen LogP contribution in [0.3, 0.4) is 0 Å². The van der Waals surface area contributed by atoms with Gasteiger partial charge in [0.15, 0.2) is 0 Å². The molecule has 1 unspecified atom stereocenters. The van der Waals surface area contributed by atoms with Crippen LogP contribution in [-0.4, -0.2) is 5.54 Å². The Bertz CT molecular complexity index is 906. The molecule has 4 heteroatoms. The van der Waals surface area contributed by atoms with Gasteiger partial charge in [0.25, 0.3) is 0 Å². The molecule has 2 aromatic carbocycles. The topological polar surface area (TPSA) is 12.0 Å². The van der Waals surface area contributed by atoms with Gasteiger partial charge in [-0.3, -0.25) is 0 Å². The van der Waals surface area contributed by atoms with Crippen molar-refractivity contribution >= 4 is 41.2 Å². The zero-order chi connectivity index (χ0) is 19.1. The molecule has 152 valence electrons. The second-order valence-corrected chi connectivity index (χ2v) is 10.1. The third kappa shape index (κ3) is 5.12. The van der Waals surface area contributed by atoms with Crippen LogP contribution in [0.2, 0.25) is 0 Å². The fourth-order valence-electron chi connectivity index (χ4n) is 3.98. The first-order valence-electron chi connectivity index (χ1n) is 9.60. The summed E-state index contributed by atoms with van der Waals surface area (Å²) in [4.78, 5) is 0. The van der Waals surface area contributed by atoms with Crippen LogP contribution in [0.5, 0.6) is 0 Å². The first-order chi connectivity index (χ1) is 12.2. The Morgan fingerprint density at radius 1 is 0.929 bits per heavy atom. The van der Waals surface area contributed by atoms with Crippen LogP contribution in [0.15, 0.2) is 53.1 Å². The predicted molar refractivity (Wildman–Crippen MR) is 125 cm³/mol. The minimum absolute atomic E-state index is 0. The van der Waals surface area contributed by atoms with Gasteiger partial charge in [-0.15, -0.1) is 24.8 Å². The van der Waals surface area contributed by atoms with Crippen LogP contribution in [0.4, 0.5) is 0 Å². The fraction of sp³-hybridized carbons (Fsp3) is 0.417. The van der Waals surface area contributed by atoms with Crippen molar-refractivity contribution in [3.05, 3.63) is 64.2 Å². The normalized spacial score (nSPS) is 16.9. The first kappa shape index (κ1) is 25.5. The molecule has 0 aliphatic heterocycles. The minimum atomic E-state index is -0.237. The zero-order valence-electron chi connectivity index (χ0n) is 18.1. The molecule has 0 saturated carbocycles. The Hall–Kier alpha value is -0.566. The van der Waals surface area contributed by atoms with Gasteiger partial charge in [-0.1, -0.05) is 0 Å². The summed E-state index contributed by atoms with van der Waals surface area (Å²) in [6, 6.07) is 13.6. The van der Waals surface area contributed by atoms with E-state index in [4.69, 9.17) is 0 Å².